The van der Waals surface area contributed by atoms with Crippen molar-refractivity contribution in [2.24, 2.45) is 0 Å². The first-order chi connectivity index (χ1) is 7.24. The highest BCUT2D eigenvalue weighted by atomic mass is 19.1. The van der Waals surface area contributed by atoms with Gasteiger partial charge in [-0.1, -0.05) is 6.07 Å². The molecule has 4 heteroatoms. The fourth-order valence-corrected chi connectivity index (χ4v) is 1.18. The summed E-state index contributed by atoms with van der Waals surface area (Å²) in [5.74, 6) is -1.06. The number of benzene rings is 1. The number of halogens is 2. The van der Waals surface area contributed by atoms with Crippen molar-refractivity contribution < 1.29 is 13.5 Å². The van der Waals surface area contributed by atoms with Gasteiger partial charge in [-0.2, -0.15) is 0 Å². The highest BCUT2D eigenvalue weighted by Gasteiger charge is 2.02. The van der Waals surface area contributed by atoms with Gasteiger partial charge in [0.2, 0.25) is 0 Å². The maximum atomic E-state index is 13.1. The Hall–Kier alpha value is -1.00. The molecule has 0 heterocycles. The van der Waals surface area contributed by atoms with E-state index in [0.29, 0.717) is 25.2 Å². The molecule has 0 fully saturated rings. The zero-order chi connectivity index (χ0) is 11.1. The van der Waals surface area contributed by atoms with E-state index in [4.69, 9.17) is 4.74 Å². The maximum absolute atomic E-state index is 13.1. The fraction of sp³-hybridized carbons (Fsp3) is 0.455. The van der Waals surface area contributed by atoms with Crippen LogP contribution in [-0.2, 0) is 11.2 Å². The minimum absolute atomic E-state index is 0.449. The number of rotatable bonds is 6. The third kappa shape index (κ3) is 4.36. The molecule has 84 valence electrons. The SMILES string of the molecule is CNCCOCCc1ccc(F)cc1F. The quantitative estimate of drug-likeness (QED) is 0.730. The predicted octanol–water partition coefficient (Wildman–Crippen LogP) is 1.74. The second kappa shape index (κ2) is 6.48. The third-order valence-corrected chi connectivity index (χ3v) is 2.03. The van der Waals surface area contributed by atoms with E-state index < -0.39 is 11.6 Å². The lowest BCUT2D eigenvalue weighted by Crippen LogP contribution is -2.15. The van der Waals surface area contributed by atoms with Crippen molar-refractivity contribution in [2.45, 2.75) is 6.42 Å². The molecule has 0 amide bonds. The molecular formula is C11H15F2NO. The first kappa shape index (κ1) is 12.1. The first-order valence-corrected chi connectivity index (χ1v) is 4.90. The Kier molecular flexibility index (Phi) is 5.21. The molecule has 1 aromatic rings. The molecule has 1 N–H and O–H groups in total. The third-order valence-electron chi connectivity index (χ3n) is 2.03. The van der Waals surface area contributed by atoms with Gasteiger partial charge in [0, 0.05) is 12.6 Å². The Morgan fingerprint density at radius 1 is 1.27 bits per heavy atom. The molecule has 0 aliphatic carbocycles. The molecule has 0 saturated heterocycles. The van der Waals surface area contributed by atoms with Gasteiger partial charge in [-0.25, -0.2) is 8.78 Å². The van der Waals surface area contributed by atoms with Gasteiger partial charge in [0.1, 0.15) is 11.6 Å². The smallest absolute Gasteiger partial charge is 0.129 e. The minimum Gasteiger partial charge on any atom is -0.380 e. The van der Waals surface area contributed by atoms with E-state index in [1.54, 1.807) is 0 Å². The first-order valence-electron chi connectivity index (χ1n) is 4.90. The topological polar surface area (TPSA) is 21.3 Å². The standard InChI is InChI=1S/C11H15F2NO/c1-14-5-7-15-6-4-9-2-3-10(12)8-11(9)13/h2-3,8,14H,4-7H2,1H3. The van der Waals surface area contributed by atoms with E-state index in [1.165, 1.54) is 12.1 Å². The molecule has 0 bridgehead atoms. The van der Waals surface area contributed by atoms with E-state index in [0.717, 1.165) is 12.6 Å². The highest BCUT2D eigenvalue weighted by Crippen LogP contribution is 2.09. The van der Waals surface area contributed by atoms with E-state index in [2.05, 4.69) is 5.32 Å². The van der Waals surface area contributed by atoms with Crippen LogP contribution < -0.4 is 5.32 Å². The Morgan fingerprint density at radius 2 is 2.07 bits per heavy atom. The lowest BCUT2D eigenvalue weighted by molar-refractivity contribution is 0.140. The zero-order valence-electron chi connectivity index (χ0n) is 8.72. The summed E-state index contributed by atoms with van der Waals surface area (Å²) in [7, 11) is 1.84. The van der Waals surface area contributed by atoms with Crippen LogP contribution in [0.2, 0.25) is 0 Å². The van der Waals surface area contributed by atoms with Crippen LogP contribution in [0.3, 0.4) is 0 Å². The minimum atomic E-state index is -0.549. The van der Waals surface area contributed by atoms with Crippen LogP contribution in [0.15, 0.2) is 18.2 Å². The van der Waals surface area contributed by atoms with Crippen molar-refractivity contribution >= 4 is 0 Å². The largest absolute Gasteiger partial charge is 0.380 e. The number of hydrogen-bond acceptors (Lipinski definition) is 2. The molecule has 0 saturated carbocycles. The van der Waals surface area contributed by atoms with Crippen molar-refractivity contribution in [3.63, 3.8) is 0 Å². The summed E-state index contributed by atoms with van der Waals surface area (Å²) in [5.41, 5.74) is 0.487. The molecule has 0 aliphatic heterocycles. The average Bonchev–Trinajstić information content (AvgIpc) is 2.20. The van der Waals surface area contributed by atoms with Gasteiger partial charge in [-0.05, 0) is 25.1 Å². The Labute approximate surface area is 88.3 Å². The fourth-order valence-electron chi connectivity index (χ4n) is 1.18. The summed E-state index contributed by atoms with van der Waals surface area (Å²) in [4.78, 5) is 0. The van der Waals surface area contributed by atoms with Crippen molar-refractivity contribution in [1.29, 1.82) is 0 Å². The molecule has 0 unspecified atom stereocenters. The van der Waals surface area contributed by atoms with Gasteiger partial charge < -0.3 is 10.1 Å². The van der Waals surface area contributed by atoms with Gasteiger partial charge in [0.25, 0.3) is 0 Å². The van der Waals surface area contributed by atoms with Crippen molar-refractivity contribution in [3.8, 4) is 0 Å². The number of hydrogen-bond donors (Lipinski definition) is 1. The summed E-state index contributed by atoms with van der Waals surface area (Å²) in [6, 6.07) is 3.60. The number of nitrogens with one attached hydrogen (secondary N) is 1. The van der Waals surface area contributed by atoms with E-state index in [1.807, 2.05) is 7.05 Å². The van der Waals surface area contributed by atoms with Gasteiger partial charge >= 0.3 is 0 Å². The summed E-state index contributed by atoms with van der Waals surface area (Å²) in [5, 5.41) is 2.94. The van der Waals surface area contributed by atoms with E-state index in [-0.39, 0.29) is 0 Å². The van der Waals surface area contributed by atoms with Crippen molar-refractivity contribution in [1.82, 2.24) is 5.32 Å². The van der Waals surface area contributed by atoms with Crippen LogP contribution in [0, 0.1) is 11.6 Å². The lowest BCUT2D eigenvalue weighted by Gasteiger charge is -2.05. The Balaban J connectivity index is 2.31. The maximum Gasteiger partial charge on any atom is 0.129 e. The normalized spacial score (nSPS) is 10.6. The summed E-state index contributed by atoms with van der Waals surface area (Å²) in [6.45, 7) is 1.81. The van der Waals surface area contributed by atoms with Crippen molar-refractivity contribution in [2.75, 3.05) is 26.8 Å². The Bertz CT molecular complexity index is 305. The summed E-state index contributed by atoms with van der Waals surface area (Å²) >= 11 is 0. The van der Waals surface area contributed by atoms with Crippen LogP contribution in [-0.4, -0.2) is 26.8 Å². The van der Waals surface area contributed by atoms with Gasteiger partial charge in [0.05, 0.1) is 13.2 Å². The molecule has 15 heavy (non-hydrogen) atoms. The van der Waals surface area contributed by atoms with Gasteiger partial charge in [-0.15, -0.1) is 0 Å². The molecule has 0 aliphatic rings. The molecule has 0 aromatic heterocycles. The lowest BCUT2D eigenvalue weighted by atomic mass is 10.1. The van der Waals surface area contributed by atoms with E-state index in [9.17, 15) is 8.78 Å². The monoisotopic (exact) mass is 215 g/mol. The molecule has 1 aromatic carbocycles. The molecule has 0 radical (unpaired) electrons. The van der Waals surface area contributed by atoms with Crippen LogP contribution in [0.25, 0.3) is 0 Å². The molecule has 0 spiro atoms. The average molecular weight is 215 g/mol. The van der Waals surface area contributed by atoms with Gasteiger partial charge in [-0.3, -0.25) is 0 Å². The molecule has 2 nitrogen and oxygen atoms in total. The second-order valence-corrected chi connectivity index (χ2v) is 3.20. The van der Waals surface area contributed by atoms with Crippen LogP contribution in [0.1, 0.15) is 5.56 Å². The molecule has 0 atom stereocenters. The van der Waals surface area contributed by atoms with Crippen LogP contribution in [0.4, 0.5) is 8.78 Å². The number of likely N-dealkylation sites (N-methyl/N-ethyl adjacent to an activating group) is 1. The Morgan fingerprint density at radius 3 is 2.73 bits per heavy atom. The molecule has 1 rings (SSSR count). The van der Waals surface area contributed by atoms with Gasteiger partial charge in [0.15, 0.2) is 0 Å². The van der Waals surface area contributed by atoms with Crippen LogP contribution >= 0.6 is 0 Å². The zero-order valence-corrected chi connectivity index (χ0v) is 8.72. The molecular weight excluding hydrogens is 200 g/mol. The number of ether oxygens (including phenoxy) is 1. The summed E-state index contributed by atoms with van der Waals surface area (Å²) < 4.78 is 30.9. The van der Waals surface area contributed by atoms with E-state index >= 15 is 0 Å². The van der Waals surface area contributed by atoms with Crippen LogP contribution in [0.5, 0.6) is 0 Å². The predicted molar refractivity (Wildman–Crippen MR) is 54.8 cm³/mol. The second-order valence-electron chi connectivity index (χ2n) is 3.20. The highest BCUT2D eigenvalue weighted by molar-refractivity contribution is 5.18. The van der Waals surface area contributed by atoms with Crippen molar-refractivity contribution in [3.05, 3.63) is 35.4 Å². The summed E-state index contributed by atoms with van der Waals surface area (Å²) in [6.07, 6.45) is 0.468.